The van der Waals surface area contributed by atoms with Gasteiger partial charge in [0.2, 0.25) is 0 Å². The zero-order valence-corrected chi connectivity index (χ0v) is 18.0. The summed E-state index contributed by atoms with van der Waals surface area (Å²) in [6, 6.07) is 7.79. The molecule has 1 aromatic carbocycles. The number of benzene rings is 1. The number of nitrogens with one attached hydrogen (secondary N) is 1. The fraction of sp³-hybridized carbons (Fsp3) is 0.630. The van der Waals surface area contributed by atoms with Crippen LogP contribution in [0.25, 0.3) is 0 Å². The van der Waals surface area contributed by atoms with Crippen molar-refractivity contribution < 1.29 is 4.74 Å². The quantitative estimate of drug-likeness (QED) is 0.559. The Morgan fingerprint density at radius 3 is 2.83 bits per heavy atom. The van der Waals surface area contributed by atoms with Gasteiger partial charge in [-0.15, -0.1) is 0 Å². The lowest BCUT2D eigenvalue weighted by Crippen LogP contribution is -2.37. The molecule has 1 fully saturated rings. The zero-order chi connectivity index (χ0) is 19.6. The van der Waals surface area contributed by atoms with Gasteiger partial charge in [0.15, 0.2) is 0 Å². The Hall–Kier alpha value is -1.70. The molecule has 0 spiro atoms. The van der Waals surface area contributed by atoms with E-state index in [9.17, 15) is 0 Å². The van der Waals surface area contributed by atoms with Gasteiger partial charge in [-0.25, -0.2) is 0 Å². The Balaban J connectivity index is 1.30. The number of hydrogen-bond acceptors (Lipinski definition) is 2. The van der Waals surface area contributed by atoms with E-state index in [0.717, 1.165) is 24.7 Å². The van der Waals surface area contributed by atoms with E-state index in [1.54, 1.807) is 16.7 Å². The summed E-state index contributed by atoms with van der Waals surface area (Å²) >= 11 is 0. The number of ether oxygens (including phenoxy) is 1. The lowest BCUT2D eigenvalue weighted by Gasteiger charge is -2.35. The molecule has 0 bridgehead atoms. The molecule has 0 amide bonds. The predicted molar refractivity (Wildman–Crippen MR) is 119 cm³/mol. The topological polar surface area (TPSA) is 21.3 Å². The molecule has 5 unspecified atom stereocenters. The number of fused-ring (bicyclic) bond motifs is 5. The van der Waals surface area contributed by atoms with E-state index in [4.69, 9.17) is 4.74 Å². The highest BCUT2D eigenvalue weighted by Crippen LogP contribution is 2.56. The van der Waals surface area contributed by atoms with Crippen LogP contribution in [0.1, 0.15) is 88.7 Å². The number of anilines is 1. The molecule has 154 valence electrons. The lowest BCUT2D eigenvalue weighted by atomic mass is 9.70. The van der Waals surface area contributed by atoms with Gasteiger partial charge in [-0.05, 0) is 90.7 Å². The van der Waals surface area contributed by atoms with Gasteiger partial charge in [0.1, 0.15) is 6.10 Å². The summed E-state index contributed by atoms with van der Waals surface area (Å²) in [5.41, 5.74) is 6.51. The molecule has 0 aromatic heterocycles. The van der Waals surface area contributed by atoms with Crippen molar-refractivity contribution in [3.8, 4) is 0 Å². The maximum Gasteiger partial charge on any atom is 0.125 e. The fourth-order valence-electron chi connectivity index (χ4n) is 7.42. The van der Waals surface area contributed by atoms with Crippen LogP contribution in [0, 0.1) is 11.8 Å². The first-order valence-electron chi connectivity index (χ1n) is 12.1. The highest BCUT2D eigenvalue weighted by molar-refractivity contribution is 5.56. The van der Waals surface area contributed by atoms with Crippen LogP contribution < -0.4 is 5.32 Å². The molecule has 29 heavy (non-hydrogen) atoms. The van der Waals surface area contributed by atoms with Crippen LogP contribution >= 0.6 is 0 Å². The zero-order valence-electron chi connectivity index (χ0n) is 18.0. The van der Waals surface area contributed by atoms with E-state index in [1.165, 1.54) is 56.4 Å². The van der Waals surface area contributed by atoms with Gasteiger partial charge >= 0.3 is 0 Å². The van der Waals surface area contributed by atoms with Crippen molar-refractivity contribution in [1.82, 2.24) is 0 Å². The van der Waals surface area contributed by atoms with Crippen LogP contribution in [0.5, 0.6) is 0 Å². The molecule has 1 aliphatic heterocycles. The summed E-state index contributed by atoms with van der Waals surface area (Å²) in [7, 11) is 0. The average Bonchev–Trinajstić information content (AvgIpc) is 3.23. The van der Waals surface area contributed by atoms with Gasteiger partial charge in [0.05, 0.1) is 5.76 Å². The Morgan fingerprint density at radius 2 is 1.90 bits per heavy atom. The van der Waals surface area contributed by atoms with Gasteiger partial charge < -0.3 is 10.1 Å². The third kappa shape index (κ3) is 2.74. The molecule has 1 aromatic rings. The Labute approximate surface area is 175 Å². The van der Waals surface area contributed by atoms with Crippen molar-refractivity contribution in [3.05, 3.63) is 52.8 Å². The highest BCUT2D eigenvalue weighted by Gasteiger charge is 2.47. The van der Waals surface area contributed by atoms with Crippen LogP contribution in [0.4, 0.5) is 5.69 Å². The van der Waals surface area contributed by atoms with Crippen LogP contribution in [0.2, 0.25) is 0 Å². The average molecular weight is 390 g/mol. The normalized spacial score (nSPS) is 36.7. The van der Waals surface area contributed by atoms with E-state index in [1.807, 2.05) is 0 Å². The summed E-state index contributed by atoms with van der Waals surface area (Å²) < 4.78 is 6.36. The third-order valence-corrected chi connectivity index (χ3v) is 8.83. The molecular formula is C27H35NO. The molecular weight excluding hydrogens is 354 g/mol. The standard InChI is InChI=1S/C27H35NO/c1-27(2)21-10-5-3-8-18(21)19-15-14-17(16-22(19)27)28-23-11-7-13-25-26(23)20-9-4-6-12-24(20)29-25/h7,13-16,18,21,23,25-26,28H,3-6,8-12H2,1-2H3. The summed E-state index contributed by atoms with van der Waals surface area (Å²) in [4.78, 5) is 0. The molecule has 0 radical (unpaired) electrons. The SMILES string of the molecule is CC1(C)c2cc(NC3CC=CC4OC5=C(CCCC5)C34)ccc2C2CCCCC21. The first-order chi connectivity index (χ1) is 14.1. The summed E-state index contributed by atoms with van der Waals surface area (Å²) in [6.07, 6.45) is 16.7. The van der Waals surface area contributed by atoms with Crippen molar-refractivity contribution in [2.75, 3.05) is 5.32 Å². The van der Waals surface area contributed by atoms with E-state index >= 15 is 0 Å². The maximum absolute atomic E-state index is 6.36. The van der Waals surface area contributed by atoms with Crippen LogP contribution in [0.15, 0.2) is 41.7 Å². The molecule has 6 rings (SSSR count). The molecule has 1 N–H and O–H groups in total. The van der Waals surface area contributed by atoms with Crippen molar-refractivity contribution in [3.63, 3.8) is 0 Å². The minimum Gasteiger partial charge on any atom is -0.490 e. The van der Waals surface area contributed by atoms with Gasteiger partial charge in [0.25, 0.3) is 0 Å². The Bertz CT molecular complexity index is 879. The first-order valence-corrected chi connectivity index (χ1v) is 12.1. The second-order valence-corrected chi connectivity index (χ2v) is 10.7. The van der Waals surface area contributed by atoms with E-state index in [2.05, 4.69) is 49.5 Å². The van der Waals surface area contributed by atoms with Gasteiger partial charge in [-0.1, -0.05) is 38.8 Å². The van der Waals surface area contributed by atoms with Crippen LogP contribution in [0.3, 0.4) is 0 Å². The minimum atomic E-state index is 0.262. The smallest absolute Gasteiger partial charge is 0.125 e. The third-order valence-electron chi connectivity index (χ3n) is 8.83. The molecule has 5 atom stereocenters. The van der Waals surface area contributed by atoms with E-state index in [-0.39, 0.29) is 6.10 Å². The number of allylic oxidation sites excluding steroid dienone is 1. The van der Waals surface area contributed by atoms with E-state index in [0.29, 0.717) is 17.4 Å². The minimum absolute atomic E-state index is 0.262. The summed E-state index contributed by atoms with van der Waals surface area (Å²) in [6.45, 7) is 4.99. The van der Waals surface area contributed by atoms with E-state index < -0.39 is 0 Å². The highest BCUT2D eigenvalue weighted by atomic mass is 16.5. The molecule has 4 aliphatic carbocycles. The van der Waals surface area contributed by atoms with Crippen LogP contribution in [-0.2, 0) is 10.2 Å². The maximum atomic E-state index is 6.36. The molecule has 2 nitrogen and oxygen atoms in total. The second kappa shape index (κ2) is 6.65. The second-order valence-electron chi connectivity index (χ2n) is 10.7. The van der Waals surface area contributed by atoms with Gasteiger partial charge in [0, 0.05) is 24.1 Å². The number of rotatable bonds is 2. The molecule has 0 saturated heterocycles. The van der Waals surface area contributed by atoms with Crippen LogP contribution in [-0.4, -0.2) is 12.1 Å². The molecule has 1 saturated carbocycles. The Kier molecular flexibility index (Phi) is 4.15. The summed E-state index contributed by atoms with van der Waals surface area (Å²) in [5, 5.41) is 3.97. The van der Waals surface area contributed by atoms with Crippen molar-refractivity contribution in [1.29, 1.82) is 0 Å². The molecule has 2 heteroatoms. The van der Waals surface area contributed by atoms with Crippen molar-refractivity contribution in [2.24, 2.45) is 11.8 Å². The van der Waals surface area contributed by atoms with Crippen molar-refractivity contribution in [2.45, 2.75) is 95.1 Å². The predicted octanol–water partition coefficient (Wildman–Crippen LogP) is 6.84. The molecule has 5 aliphatic rings. The largest absolute Gasteiger partial charge is 0.490 e. The lowest BCUT2D eigenvalue weighted by molar-refractivity contribution is 0.135. The monoisotopic (exact) mass is 389 g/mol. The first kappa shape index (κ1) is 18.1. The van der Waals surface area contributed by atoms with Crippen molar-refractivity contribution >= 4 is 5.69 Å². The number of hydrogen-bond donors (Lipinski definition) is 1. The summed E-state index contributed by atoms with van der Waals surface area (Å²) in [5.74, 6) is 3.48. The van der Waals surface area contributed by atoms with Gasteiger partial charge in [-0.3, -0.25) is 0 Å². The van der Waals surface area contributed by atoms with Gasteiger partial charge in [-0.2, -0.15) is 0 Å². The Morgan fingerprint density at radius 1 is 1.03 bits per heavy atom. The fourth-order valence-corrected chi connectivity index (χ4v) is 7.42. The molecule has 1 heterocycles.